The topological polar surface area (TPSA) is 59.2 Å². The lowest BCUT2D eigenvalue weighted by Gasteiger charge is -2.22. The Morgan fingerprint density at radius 1 is 1.20 bits per heavy atom. The van der Waals surface area contributed by atoms with Crippen LogP contribution >= 0.6 is 0 Å². The van der Waals surface area contributed by atoms with E-state index in [0.29, 0.717) is 6.54 Å². The number of methoxy groups -OCH3 is 2. The molecule has 6 heteroatoms. The number of furan rings is 1. The lowest BCUT2D eigenvalue weighted by molar-refractivity contribution is 0.354. The van der Waals surface area contributed by atoms with Gasteiger partial charge < -0.3 is 24.1 Å². The molecule has 1 aromatic heterocycles. The van der Waals surface area contributed by atoms with Crippen LogP contribution in [-0.4, -0.2) is 45.2 Å². The smallest absolute Gasteiger partial charge is 0.194 e. The van der Waals surface area contributed by atoms with Gasteiger partial charge in [0, 0.05) is 20.1 Å². The number of nitrogens with one attached hydrogen (secondary N) is 1. The molecule has 0 fully saturated rings. The van der Waals surface area contributed by atoms with Crippen LogP contribution in [0.5, 0.6) is 11.5 Å². The van der Waals surface area contributed by atoms with Gasteiger partial charge in [0.05, 0.1) is 20.5 Å². The average molecular weight is 345 g/mol. The number of hydrogen-bond donors (Lipinski definition) is 1. The van der Waals surface area contributed by atoms with Gasteiger partial charge in [-0.25, -0.2) is 4.99 Å². The molecule has 2 rings (SSSR count). The second-order valence-electron chi connectivity index (χ2n) is 5.61. The molecule has 0 aliphatic rings. The van der Waals surface area contributed by atoms with Crippen molar-refractivity contribution in [3.8, 4) is 11.5 Å². The van der Waals surface area contributed by atoms with Crippen LogP contribution in [0.4, 0.5) is 0 Å². The molecule has 25 heavy (non-hydrogen) atoms. The third-order valence-electron chi connectivity index (χ3n) is 3.85. The van der Waals surface area contributed by atoms with Crippen molar-refractivity contribution < 1.29 is 13.9 Å². The van der Waals surface area contributed by atoms with Crippen LogP contribution in [0.1, 0.15) is 18.2 Å². The molecule has 6 nitrogen and oxygen atoms in total. The molecule has 1 heterocycles. The van der Waals surface area contributed by atoms with Crippen LogP contribution in [0.3, 0.4) is 0 Å². The molecule has 2 aromatic rings. The maximum absolute atomic E-state index is 5.36. The highest BCUT2D eigenvalue weighted by Crippen LogP contribution is 2.27. The standard InChI is InChI=1S/C19H27N3O3/c1-5-20-19(21-14-16-7-6-12-25-16)22(2)11-10-15-8-9-17(23-3)18(13-15)24-4/h6-9,12-13H,5,10-11,14H2,1-4H3,(H,20,21). The van der Waals surface area contributed by atoms with Crippen molar-refractivity contribution in [2.75, 3.05) is 34.4 Å². The van der Waals surface area contributed by atoms with Gasteiger partial charge in [-0.15, -0.1) is 0 Å². The predicted octanol–water partition coefficient (Wildman–Crippen LogP) is 2.94. The number of benzene rings is 1. The highest BCUT2D eigenvalue weighted by atomic mass is 16.5. The zero-order valence-corrected chi connectivity index (χ0v) is 15.4. The zero-order valence-electron chi connectivity index (χ0n) is 15.4. The van der Waals surface area contributed by atoms with Gasteiger partial charge in [-0.2, -0.15) is 0 Å². The maximum Gasteiger partial charge on any atom is 0.194 e. The third-order valence-corrected chi connectivity index (χ3v) is 3.85. The fourth-order valence-corrected chi connectivity index (χ4v) is 2.46. The minimum Gasteiger partial charge on any atom is -0.493 e. The molecule has 1 N–H and O–H groups in total. The van der Waals surface area contributed by atoms with Gasteiger partial charge >= 0.3 is 0 Å². The molecule has 0 spiro atoms. The Kier molecular flexibility index (Phi) is 7.19. The first kappa shape index (κ1) is 18.7. The molecular weight excluding hydrogens is 318 g/mol. The second-order valence-corrected chi connectivity index (χ2v) is 5.61. The van der Waals surface area contributed by atoms with E-state index in [0.717, 1.165) is 42.7 Å². The van der Waals surface area contributed by atoms with Crippen molar-refractivity contribution in [1.29, 1.82) is 0 Å². The summed E-state index contributed by atoms with van der Waals surface area (Å²) in [5.41, 5.74) is 1.19. The summed E-state index contributed by atoms with van der Waals surface area (Å²) in [4.78, 5) is 6.74. The maximum atomic E-state index is 5.36. The van der Waals surface area contributed by atoms with E-state index in [4.69, 9.17) is 13.9 Å². The summed E-state index contributed by atoms with van der Waals surface area (Å²) in [6, 6.07) is 9.81. The van der Waals surface area contributed by atoms with Crippen molar-refractivity contribution in [2.45, 2.75) is 19.9 Å². The Morgan fingerprint density at radius 2 is 2.00 bits per heavy atom. The Balaban J connectivity index is 1.98. The molecule has 0 atom stereocenters. The number of ether oxygens (including phenoxy) is 2. The van der Waals surface area contributed by atoms with Crippen molar-refractivity contribution >= 4 is 5.96 Å². The van der Waals surface area contributed by atoms with Crippen LogP contribution in [0.2, 0.25) is 0 Å². The lowest BCUT2D eigenvalue weighted by Crippen LogP contribution is -2.39. The molecule has 1 aromatic carbocycles. The number of nitrogens with zero attached hydrogens (tertiary/aromatic N) is 2. The van der Waals surface area contributed by atoms with Gasteiger partial charge in [0.25, 0.3) is 0 Å². The van der Waals surface area contributed by atoms with Crippen molar-refractivity contribution in [3.63, 3.8) is 0 Å². The van der Waals surface area contributed by atoms with E-state index < -0.39 is 0 Å². The van der Waals surface area contributed by atoms with Crippen LogP contribution in [-0.2, 0) is 13.0 Å². The molecule has 0 aliphatic carbocycles. The number of hydrogen-bond acceptors (Lipinski definition) is 4. The normalized spacial score (nSPS) is 11.3. The first-order valence-electron chi connectivity index (χ1n) is 8.40. The highest BCUT2D eigenvalue weighted by molar-refractivity contribution is 5.79. The molecular formula is C19H27N3O3. The molecule has 0 amide bonds. The van der Waals surface area contributed by atoms with E-state index in [2.05, 4.69) is 28.2 Å². The van der Waals surface area contributed by atoms with Crippen LogP contribution < -0.4 is 14.8 Å². The quantitative estimate of drug-likeness (QED) is 0.589. The van der Waals surface area contributed by atoms with Gasteiger partial charge in [0.1, 0.15) is 12.3 Å². The Labute approximate surface area is 149 Å². The van der Waals surface area contributed by atoms with E-state index in [1.54, 1.807) is 20.5 Å². The van der Waals surface area contributed by atoms with Crippen molar-refractivity contribution in [1.82, 2.24) is 10.2 Å². The molecule has 0 saturated carbocycles. The van der Waals surface area contributed by atoms with E-state index in [1.807, 2.05) is 31.3 Å². The second kappa shape index (κ2) is 9.61. The number of rotatable bonds is 8. The van der Waals surface area contributed by atoms with Crippen LogP contribution in [0.25, 0.3) is 0 Å². The summed E-state index contributed by atoms with van der Waals surface area (Å²) in [6.07, 6.45) is 2.54. The highest BCUT2D eigenvalue weighted by Gasteiger charge is 2.09. The van der Waals surface area contributed by atoms with Crippen LogP contribution in [0, 0.1) is 0 Å². The fourth-order valence-electron chi connectivity index (χ4n) is 2.46. The number of aliphatic imine (C=N–C) groups is 1. The molecule has 136 valence electrons. The van der Waals surface area contributed by atoms with Gasteiger partial charge in [-0.1, -0.05) is 6.07 Å². The van der Waals surface area contributed by atoms with E-state index in [1.165, 1.54) is 5.56 Å². The fraction of sp³-hybridized carbons (Fsp3) is 0.421. The minimum absolute atomic E-state index is 0.524. The number of guanidine groups is 1. The summed E-state index contributed by atoms with van der Waals surface area (Å²) in [7, 11) is 5.33. The average Bonchev–Trinajstić information content (AvgIpc) is 3.16. The van der Waals surface area contributed by atoms with E-state index >= 15 is 0 Å². The molecule has 0 bridgehead atoms. The summed E-state index contributed by atoms with van der Waals surface area (Å²) in [5.74, 6) is 3.21. The lowest BCUT2D eigenvalue weighted by atomic mass is 10.1. The molecule has 0 saturated heterocycles. The summed E-state index contributed by atoms with van der Waals surface area (Å²) >= 11 is 0. The molecule has 0 radical (unpaired) electrons. The van der Waals surface area contributed by atoms with E-state index in [-0.39, 0.29) is 0 Å². The van der Waals surface area contributed by atoms with Crippen LogP contribution in [0.15, 0.2) is 46.0 Å². The molecule has 0 aliphatic heterocycles. The monoisotopic (exact) mass is 345 g/mol. The van der Waals surface area contributed by atoms with Gasteiger partial charge in [-0.3, -0.25) is 0 Å². The Morgan fingerprint density at radius 3 is 2.64 bits per heavy atom. The predicted molar refractivity (Wildman–Crippen MR) is 99.4 cm³/mol. The Hall–Kier alpha value is -2.63. The van der Waals surface area contributed by atoms with Gasteiger partial charge in [0.15, 0.2) is 17.5 Å². The third kappa shape index (κ3) is 5.45. The summed E-state index contributed by atoms with van der Waals surface area (Å²) < 4.78 is 16.0. The number of likely N-dealkylation sites (N-methyl/N-ethyl adjacent to an activating group) is 1. The van der Waals surface area contributed by atoms with Gasteiger partial charge in [0.2, 0.25) is 0 Å². The van der Waals surface area contributed by atoms with Crippen molar-refractivity contribution in [2.24, 2.45) is 4.99 Å². The zero-order chi connectivity index (χ0) is 18.1. The first-order chi connectivity index (χ1) is 12.2. The first-order valence-corrected chi connectivity index (χ1v) is 8.40. The Bertz CT molecular complexity index is 669. The largest absolute Gasteiger partial charge is 0.493 e. The van der Waals surface area contributed by atoms with E-state index in [9.17, 15) is 0 Å². The summed E-state index contributed by atoms with van der Waals surface area (Å²) in [5, 5.41) is 3.31. The summed E-state index contributed by atoms with van der Waals surface area (Å²) in [6.45, 7) is 4.23. The SMILES string of the molecule is CCNC(=NCc1ccco1)N(C)CCc1ccc(OC)c(OC)c1. The minimum atomic E-state index is 0.524. The van der Waals surface area contributed by atoms with Crippen molar-refractivity contribution in [3.05, 3.63) is 47.9 Å². The molecule has 0 unspecified atom stereocenters. The van der Waals surface area contributed by atoms with Gasteiger partial charge in [-0.05, 0) is 43.2 Å².